The molecule has 0 amide bonds. The summed E-state index contributed by atoms with van der Waals surface area (Å²) in [6.07, 6.45) is 6.27. The maximum atomic E-state index is 12.1. The fraction of sp³-hybridized carbons (Fsp3) is 1.00. The largest absolute Gasteiger partial charge is 0.315 e. The summed E-state index contributed by atoms with van der Waals surface area (Å²) >= 11 is 0. The van der Waals surface area contributed by atoms with Gasteiger partial charge in [-0.25, -0.2) is 13.1 Å². The summed E-state index contributed by atoms with van der Waals surface area (Å²) in [5.41, 5.74) is 0. The number of hydrogen-bond donors (Lipinski definition) is 2. The van der Waals surface area contributed by atoms with Crippen LogP contribution in [0.2, 0.25) is 0 Å². The smallest absolute Gasteiger partial charge is 0.215 e. The quantitative estimate of drug-likeness (QED) is 0.669. The average Bonchev–Trinajstić information content (AvgIpc) is 2.98. The van der Waals surface area contributed by atoms with Gasteiger partial charge in [0.05, 0.1) is 5.25 Å². The SMILES string of the molecule is CCCNCC(C)S(=O)(=O)NCC1CC2CCC1C2. The van der Waals surface area contributed by atoms with Crippen LogP contribution in [-0.2, 0) is 10.0 Å². The summed E-state index contributed by atoms with van der Waals surface area (Å²) in [4.78, 5) is 0. The fourth-order valence-corrected chi connectivity index (χ4v) is 4.65. The summed E-state index contributed by atoms with van der Waals surface area (Å²) in [6, 6.07) is 0. The summed E-state index contributed by atoms with van der Waals surface area (Å²) in [5.74, 6) is 2.24. The molecule has 0 aromatic heterocycles. The third kappa shape index (κ3) is 3.92. The minimum atomic E-state index is -3.16. The first-order valence-corrected chi connectivity index (χ1v) is 9.26. The number of sulfonamides is 1. The minimum Gasteiger partial charge on any atom is -0.315 e. The van der Waals surface area contributed by atoms with Crippen molar-refractivity contribution in [2.75, 3.05) is 19.6 Å². The van der Waals surface area contributed by atoms with E-state index in [1.54, 1.807) is 6.92 Å². The molecule has 2 aliphatic carbocycles. The Morgan fingerprint density at radius 2 is 2.05 bits per heavy atom. The number of hydrogen-bond acceptors (Lipinski definition) is 3. The maximum Gasteiger partial charge on any atom is 0.215 e. The van der Waals surface area contributed by atoms with Gasteiger partial charge in [-0.3, -0.25) is 0 Å². The van der Waals surface area contributed by atoms with E-state index in [2.05, 4.69) is 17.0 Å². The zero-order chi connectivity index (χ0) is 13.9. The molecule has 19 heavy (non-hydrogen) atoms. The standard InChI is InChI=1S/C14H28N2O2S/c1-3-6-15-9-11(2)19(17,18)16-10-14-8-12-4-5-13(14)7-12/h11-16H,3-10H2,1-2H3. The molecule has 0 aromatic carbocycles. The average molecular weight is 288 g/mol. The fourth-order valence-electron chi connectivity index (χ4n) is 3.58. The van der Waals surface area contributed by atoms with Crippen molar-refractivity contribution in [1.29, 1.82) is 0 Å². The molecule has 0 aliphatic heterocycles. The molecule has 2 bridgehead atoms. The lowest BCUT2D eigenvalue weighted by Gasteiger charge is -2.23. The number of rotatable bonds is 8. The van der Waals surface area contributed by atoms with E-state index in [1.165, 1.54) is 25.7 Å². The van der Waals surface area contributed by atoms with Crippen LogP contribution >= 0.6 is 0 Å². The van der Waals surface area contributed by atoms with Crippen molar-refractivity contribution in [3.8, 4) is 0 Å². The molecule has 0 saturated heterocycles. The predicted octanol–water partition coefficient (Wildman–Crippen LogP) is 1.73. The molecule has 0 spiro atoms. The molecule has 0 radical (unpaired) electrons. The van der Waals surface area contributed by atoms with Crippen molar-refractivity contribution < 1.29 is 8.42 Å². The highest BCUT2D eigenvalue weighted by molar-refractivity contribution is 7.90. The van der Waals surface area contributed by atoms with Crippen LogP contribution in [0.15, 0.2) is 0 Å². The Morgan fingerprint density at radius 1 is 1.26 bits per heavy atom. The van der Waals surface area contributed by atoms with E-state index < -0.39 is 10.0 Å². The topological polar surface area (TPSA) is 58.2 Å². The van der Waals surface area contributed by atoms with Crippen molar-refractivity contribution in [2.24, 2.45) is 17.8 Å². The molecule has 4 nitrogen and oxygen atoms in total. The van der Waals surface area contributed by atoms with Crippen LogP contribution in [-0.4, -0.2) is 33.3 Å². The molecule has 0 heterocycles. The first kappa shape index (κ1) is 15.3. The zero-order valence-corrected chi connectivity index (χ0v) is 13.0. The van der Waals surface area contributed by atoms with E-state index in [-0.39, 0.29) is 5.25 Å². The van der Waals surface area contributed by atoms with Gasteiger partial charge >= 0.3 is 0 Å². The Bertz CT molecular complexity index is 383. The Labute approximate surface area is 117 Å². The molecule has 2 N–H and O–H groups in total. The molecular weight excluding hydrogens is 260 g/mol. The molecule has 0 aromatic rings. The molecule has 2 fully saturated rings. The van der Waals surface area contributed by atoms with Crippen molar-refractivity contribution in [2.45, 2.75) is 51.2 Å². The maximum absolute atomic E-state index is 12.1. The monoisotopic (exact) mass is 288 g/mol. The molecule has 112 valence electrons. The molecule has 2 rings (SSSR count). The van der Waals surface area contributed by atoms with E-state index in [9.17, 15) is 8.42 Å². The lowest BCUT2D eigenvalue weighted by Crippen LogP contribution is -2.41. The first-order valence-electron chi connectivity index (χ1n) is 7.72. The molecule has 2 saturated carbocycles. The van der Waals surface area contributed by atoms with Crippen molar-refractivity contribution in [1.82, 2.24) is 10.0 Å². The van der Waals surface area contributed by atoms with Crippen LogP contribution in [0.4, 0.5) is 0 Å². The highest BCUT2D eigenvalue weighted by Gasteiger charge is 2.39. The first-order chi connectivity index (χ1) is 9.03. The van der Waals surface area contributed by atoms with Crippen LogP contribution in [0.1, 0.15) is 46.0 Å². The van der Waals surface area contributed by atoms with E-state index in [0.717, 1.165) is 24.8 Å². The highest BCUT2D eigenvalue weighted by Crippen LogP contribution is 2.47. The van der Waals surface area contributed by atoms with Gasteiger partial charge in [-0.1, -0.05) is 13.3 Å². The second-order valence-electron chi connectivity index (χ2n) is 6.34. The summed E-state index contributed by atoms with van der Waals surface area (Å²) < 4.78 is 27.1. The lowest BCUT2D eigenvalue weighted by atomic mass is 9.89. The van der Waals surface area contributed by atoms with Crippen LogP contribution in [0, 0.1) is 17.8 Å². The van der Waals surface area contributed by atoms with E-state index >= 15 is 0 Å². The van der Waals surface area contributed by atoms with E-state index in [0.29, 0.717) is 19.0 Å². The Balaban J connectivity index is 1.74. The van der Waals surface area contributed by atoms with Gasteiger partial charge in [0.25, 0.3) is 0 Å². The van der Waals surface area contributed by atoms with Gasteiger partial charge < -0.3 is 5.32 Å². The van der Waals surface area contributed by atoms with Gasteiger partial charge in [0.15, 0.2) is 0 Å². The third-order valence-corrected chi connectivity index (χ3v) is 6.61. The zero-order valence-electron chi connectivity index (χ0n) is 12.2. The summed E-state index contributed by atoms with van der Waals surface area (Å²) in [6.45, 7) is 5.94. The molecule has 4 atom stereocenters. The summed E-state index contributed by atoms with van der Waals surface area (Å²) in [7, 11) is -3.16. The number of fused-ring (bicyclic) bond motifs is 2. The highest BCUT2D eigenvalue weighted by atomic mass is 32.2. The predicted molar refractivity (Wildman–Crippen MR) is 78.5 cm³/mol. The van der Waals surface area contributed by atoms with Gasteiger partial charge in [-0.15, -0.1) is 0 Å². The Kier molecular flexibility index (Phi) is 5.26. The van der Waals surface area contributed by atoms with E-state index in [4.69, 9.17) is 0 Å². The van der Waals surface area contributed by atoms with Gasteiger partial charge in [0, 0.05) is 13.1 Å². The van der Waals surface area contributed by atoms with Crippen LogP contribution in [0.5, 0.6) is 0 Å². The van der Waals surface area contributed by atoms with E-state index in [1.807, 2.05) is 0 Å². The van der Waals surface area contributed by atoms with Gasteiger partial charge in [-0.05, 0) is 56.9 Å². The Morgan fingerprint density at radius 3 is 2.63 bits per heavy atom. The summed E-state index contributed by atoms with van der Waals surface area (Å²) in [5, 5.41) is 2.83. The van der Waals surface area contributed by atoms with Crippen molar-refractivity contribution >= 4 is 10.0 Å². The lowest BCUT2D eigenvalue weighted by molar-refractivity contribution is 0.332. The molecule has 5 heteroatoms. The van der Waals surface area contributed by atoms with Gasteiger partial charge in [0.2, 0.25) is 10.0 Å². The van der Waals surface area contributed by atoms with Gasteiger partial charge in [-0.2, -0.15) is 0 Å². The second-order valence-corrected chi connectivity index (χ2v) is 8.53. The van der Waals surface area contributed by atoms with Crippen molar-refractivity contribution in [3.05, 3.63) is 0 Å². The molecular formula is C14H28N2O2S. The van der Waals surface area contributed by atoms with Crippen LogP contribution in [0.25, 0.3) is 0 Å². The minimum absolute atomic E-state index is 0.349. The van der Waals surface area contributed by atoms with Crippen LogP contribution < -0.4 is 10.0 Å². The molecule has 4 unspecified atom stereocenters. The number of nitrogens with one attached hydrogen (secondary N) is 2. The Hall–Kier alpha value is -0.130. The normalized spacial score (nSPS) is 31.8. The third-order valence-electron chi connectivity index (χ3n) is 4.82. The van der Waals surface area contributed by atoms with Gasteiger partial charge in [0.1, 0.15) is 0 Å². The molecule has 2 aliphatic rings. The van der Waals surface area contributed by atoms with Crippen LogP contribution in [0.3, 0.4) is 0 Å². The second kappa shape index (κ2) is 6.55. The van der Waals surface area contributed by atoms with Crippen molar-refractivity contribution in [3.63, 3.8) is 0 Å².